The molecular formula is C15H16N2O5. The Kier molecular flexibility index (Phi) is 3.93. The Balaban J connectivity index is 2.15. The third kappa shape index (κ3) is 2.61. The third-order valence-corrected chi connectivity index (χ3v) is 3.67. The monoisotopic (exact) mass is 304 g/mol. The minimum Gasteiger partial charge on any atom is -0.394 e. The molecule has 7 nitrogen and oxygen atoms in total. The van der Waals surface area contributed by atoms with Crippen molar-refractivity contribution >= 4 is 0 Å². The Morgan fingerprint density at radius 3 is 2.64 bits per heavy atom. The van der Waals surface area contributed by atoms with Crippen molar-refractivity contribution in [3.63, 3.8) is 0 Å². The van der Waals surface area contributed by atoms with Crippen LogP contribution in [0.15, 0.2) is 46.0 Å². The van der Waals surface area contributed by atoms with Crippen molar-refractivity contribution in [2.45, 2.75) is 24.9 Å². The van der Waals surface area contributed by atoms with Crippen LogP contribution < -0.4 is 11.2 Å². The molecule has 0 spiro atoms. The number of aromatic amines is 1. The van der Waals surface area contributed by atoms with Crippen molar-refractivity contribution in [3.05, 3.63) is 57.2 Å². The van der Waals surface area contributed by atoms with Crippen molar-refractivity contribution in [1.29, 1.82) is 0 Å². The zero-order valence-corrected chi connectivity index (χ0v) is 11.7. The van der Waals surface area contributed by atoms with Gasteiger partial charge in [0.25, 0.3) is 5.56 Å². The summed E-state index contributed by atoms with van der Waals surface area (Å²) in [6.45, 7) is -0.244. The molecule has 0 bridgehead atoms. The van der Waals surface area contributed by atoms with Gasteiger partial charge >= 0.3 is 5.69 Å². The van der Waals surface area contributed by atoms with E-state index in [2.05, 4.69) is 4.98 Å². The first-order chi connectivity index (χ1) is 10.6. The van der Waals surface area contributed by atoms with E-state index in [0.29, 0.717) is 11.3 Å². The molecule has 3 atom stereocenters. The minimum absolute atomic E-state index is 0.223. The van der Waals surface area contributed by atoms with Crippen LogP contribution in [0.5, 0.6) is 0 Å². The number of hydrogen-bond donors (Lipinski definition) is 3. The van der Waals surface area contributed by atoms with E-state index in [1.54, 1.807) is 24.3 Å². The summed E-state index contributed by atoms with van der Waals surface area (Å²) in [6.07, 6.45) is -2.21. The molecule has 0 aliphatic carbocycles. The van der Waals surface area contributed by atoms with Crippen LogP contribution >= 0.6 is 0 Å². The van der Waals surface area contributed by atoms with Crippen LogP contribution in [0.1, 0.15) is 12.6 Å². The van der Waals surface area contributed by atoms with Gasteiger partial charge in [-0.2, -0.15) is 0 Å². The number of H-pyrrole nitrogens is 1. The highest BCUT2D eigenvalue weighted by Crippen LogP contribution is 2.30. The predicted molar refractivity (Wildman–Crippen MR) is 78.4 cm³/mol. The van der Waals surface area contributed by atoms with E-state index in [9.17, 15) is 14.7 Å². The molecule has 1 saturated heterocycles. The zero-order chi connectivity index (χ0) is 15.7. The average molecular weight is 304 g/mol. The van der Waals surface area contributed by atoms with Gasteiger partial charge in [0, 0.05) is 12.5 Å². The summed E-state index contributed by atoms with van der Waals surface area (Å²) in [6, 6.07) is 10.2. The number of aromatic nitrogens is 2. The molecule has 2 heterocycles. The Morgan fingerprint density at radius 2 is 2.00 bits per heavy atom. The first kappa shape index (κ1) is 14.7. The van der Waals surface area contributed by atoms with Gasteiger partial charge in [0.05, 0.1) is 18.4 Å². The molecule has 1 aliphatic heterocycles. The van der Waals surface area contributed by atoms with E-state index in [1.165, 1.54) is 10.6 Å². The summed E-state index contributed by atoms with van der Waals surface area (Å²) in [5.41, 5.74) is -0.161. The molecule has 1 fully saturated rings. The number of nitrogens with one attached hydrogen (secondary N) is 1. The van der Waals surface area contributed by atoms with Crippen LogP contribution in [0.25, 0.3) is 11.3 Å². The van der Waals surface area contributed by atoms with Crippen LogP contribution in [0.2, 0.25) is 0 Å². The topological polar surface area (TPSA) is 105 Å². The van der Waals surface area contributed by atoms with E-state index in [4.69, 9.17) is 9.84 Å². The lowest BCUT2D eigenvalue weighted by molar-refractivity contribution is -0.0521. The molecule has 0 saturated carbocycles. The number of ether oxygens (including phenoxy) is 1. The zero-order valence-electron chi connectivity index (χ0n) is 11.7. The van der Waals surface area contributed by atoms with Gasteiger partial charge in [0.15, 0.2) is 6.23 Å². The van der Waals surface area contributed by atoms with Crippen LogP contribution in [0.4, 0.5) is 0 Å². The summed E-state index contributed by atoms with van der Waals surface area (Å²) in [5.74, 6) is 0. The SMILES string of the molecule is O=c1cc(-c2ccccc2)n([C@H]2O[C@@H](CO)CC2O)c(=O)[nH]1. The first-order valence-electron chi connectivity index (χ1n) is 6.96. The number of rotatable bonds is 3. The largest absolute Gasteiger partial charge is 0.394 e. The second kappa shape index (κ2) is 5.88. The van der Waals surface area contributed by atoms with E-state index < -0.39 is 29.7 Å². The van der Waals surface area contributed by atoms with Crippen LogP contribution in [0, 0.1) is 0 Å². The molecule has 1 aliphatic rings. The lowest BCUT2D eigenvalue weighted by Gasteiger charge is -2.21. The van der Waals surface area contributed by atoms with Gasteiger partial charge in [-0.25, -0.2) is 4.79 Å². The van der Waals surface area contributed by atoms with E-state index >= 15 is 0 Å². The molecule has 1 unspecified atom stereocenters. The highest BCUT2D eigenvalue weighted by Gasteiger charge is 2.36. The Morgan fingerprint density at radius 1 is 1.27 bits per heavy atom. The van der Waals surface area contributed by atoms with Crippen LogP contribution in [-0.2, 0) is 4.74 Å². The van der Waals surface area contributed by atoms with E-state index in [1.807, 2.05) is 6.07 Å². The smallest absolute Gasteiger partial charge is 0.331 e. The number of nitrogens with zero attached hydrogens (tertiary/aromatic N) is 1. The van der Waals surface area contributed by atoms with Crippen molar-refractivity contribution in [2.75, 3.05) is 6.61 Å². The molecule has 22 heavy (non-hydrogen) atoms. The fourth-order valence-electron chi connectivity index (χ4n) is 2.67. The van der Waals surface area contributed by atoms with Crippen molar-refractivity contribution in [3.8, 4) is 11.3 Å². The molecule has 3 N–H and O–H groups in total. The fraction of sp³-hybridized carbons (Fsp3) is 0.333. The summed E-state index contributed by atoms with van der Waals surface area (Å²) in [5, 5.41) is 19.3. The van der Waals surface area contributed by atoms with Gasteiger partial charge in [0.2, 0.25) is 0 Å². The molecule has 1 aromatic carbocycles. The van der Waals surface area contributed by atoms with Crippen molar-refractivity contribution in [1.82, 2.24) is 9.55 Å². The second-order valence-electron chi connectivity index (χ2n) is 5.19. The molecular weight excluding hydrogens is 288 g/mol. The predicted octanol–water partition coefficient (Wildman–Crippen LogP) is -0.156. The number of hydrogen-bond acceptors (Lipinski definition) is 5. The Hall–Kier alpha value is -2.22. The third-order valence-electron chi connectivity index (χ3n) is 3.67. The Labute approximate surface area is 125 Å². The normalized spacial score (nSPS) is 24.5. The summed E-state index contributed by atoms with van der Waals surface area (Å²) in [4.78, 5) is 26.0. The lowest BCUT2D eigenvalue weighted by atomic mass is 10.1. The van der Waals surface area contributed by atoms with Gasteiger partial charge in [-0.15, -0.1) is 0 Å². The van der Waals surface area contributed by atoms with Gasteiger partial charge < -0.3 is 14.9 Å². The summed E-state index contributed by atoms with van der Waals surface area (Å²) < 4.78 is 6.75. The molecule has 116 valence electrons. The lowest BCUT2D eigenvalue weighted by Crippen LogP contribution is -2.36. The second-order valence-corrected chi connectivity index (χ2v) is 5.19. The van der Waals surface area contributed by atoms with Crippen molar-refractivity contribution in [2.24, 2.45) is 0 Å². The maximum absolute atomic E-state index is 12.2. The van der Waals surface area contributed by atoms with Crippen molar-refractivity contribution < 1.29 is 14.9 Å². The van der Waals surface area contributed by atoms with Gasteiger partial charge in [0.1, 0.15) is 6.10 Å². The maximum Gasteiger partial charge on any atom is 0.331 e. The minimum atomic E-state index is -0.947. The maximum atomic E-state index is 12.2. The number of benzene rings is 1. The average Bonchev–Trinajstić information content (AvgIpc) is 2.88. The van der Waals surface area contributed by atoms with Crippen LogP contribution in [-0.4, -0.2) is 38.6 Å². The highest BCUT2D eigenvalue weighted by atomic mass is 16.5. The molecule has 1 aromatic heterocycles. The standard InChI is InChI=1S/C15H16N2O5/c18-8-10-6-12(19)14(22-10)17-11(7-13(20)16-15(17)21)9-4-2-1-3-5-9/h1-5,7,10,12,14,18-19H,6,8H2,(H,16,20,21)/t10-,12?,14+/m1/s1. The van der Waals surface area contributed by atoms with Crippen LogP contribution in [0.3, 0.4) is 0 Å². The van der Waals surface area contributed by atoms with E-state index in [0.717, 1.165) is 0 Å². The molecule has 3 rings (SSSR count). The van der Waals surface area contributed by atoms with Gasteiger partial charge in [-0.1, -0.05) is 30.3 Å². The summed E-state index contributed by atoms with van der Waals surface area (Å²) in [7, 11) is 0. The summed E-state index contributed by atoms with van der Waals surface area (Å²) >= 11 is 0. The van der Waals surface area contributed by atoms with Gasteiger partial charge in [-0.05, 0) is 5.56 Å². The fourth-order valence-corrected chi connectivity index (χ4v) is 2.67. The number of aliphatic hydroxyl groups excluding tert-OH is 2. The molecule has 0 amide bonds. The first-order valence-corrected chi connectivity index (χ1v) is 6.96. The quantitative estimate of drug-likeness (QED) is 0.731. The van der Waals surface area contributed by atoms with Gasteiger partial charge in [-0.3, -0.25) is 14.3 Å². The molecule has 7 heteroatoms. The Bertz CT molecular complexity index is 767. The number of aliphatic hydroxyl groups is 2. The van der Waals surface area contributed by atoms with E-state index in [-0.39, 0.29) is 13.0 Å². The molecule has 2 aromatic rings. The molecule has 0 radical (unpaired) electrons. The highest BCUT2D eigenvalue weighted by molar-refractivity contribution is 5.59.